The van der Waals surface area contributed by atoms with Crippen LogP contribution in [0.25, 0.3) is 0 Å². The van der Waals surface area contributed by atoms with E-state index in [1.54, 1.807) is 0 Å². The maximum Gasteiger partial charge on any atom is 0.122 e. The lowest BCUT2D eigenvalue weighted by Gasteiger charge is -2.10. The third kappa shape index (κ3) is 2.84. The molecule has 0 saturated carbocycles. The highest BCUT2D eigenvalue weighted by atomic mass is 32.2. The molecule has 3 rings (SSSR count). The second-order valence-electron chi connectivity index (χ2n) is 5.21. The lowest BCUT2D eigenvalue weighted by Crippen LogP contribution is -2.05. The highest BCUT2D eigenvalue weighted by Crippen LogP contribution is 2.36. The third-order valence-corrected chi connectivity index (χ3v) is 4.83. The third-order valence-electron chi connectivity index (χ3n) is 3.66. The number of para-hydroxylation sites is 1. The Labute approximate surface area is 124 Å². The van der Waals surface area contributed by atoms with E-state index in [2.05, 4.69) is 42.5 Å². The Hall–Kier alpha value is -1.45. The summed E-state index contributed by atoms with van der Waals surface area (Å²) in [7, 11) is 0. The molecule has 2 unspecified atom stereocenters. The van der Waals surface area contributed by atoms with Gasteiger partial charge in [-0.1, -0.05) is 30.3 Å². The molecule has 20 heavy (non-hydrogen) atoms. The molecule has 0 fully saturated rings. The largest absolute Gasteiger partial charge is 0.493 e. The number of hydrogen-bond acceptors (Lipinski definition) is 3. The summed E-state index contributed by atoms with van der Waals surface area (Å²) in [6, 6.07) is 17.0. The van der Waals surface area contributed by atoms with Crippen molar-refractivity contribution < 1.29 is 4.74 Å². The molecule has 0 saturated heterocycles. The summed E-state index contributed by atoms with van der Waals surface area (Å²) in [6.45, 7) is 2.80. The molecule has 0 bridgehead atoms. The molecule has 2 aromatic rings. The lowest BCUT2D eigenvalue weighted by atomic mass is 10.0. The maximum absolute atomic E-state index is 5.87. The first-order valence-electron chi connectivity index (χ1n) is 6.94. The Morgan fingerprint density at radius 3 is 2.70 bits per heavy atom. The van der Waals surface area contributed by atoms with Gasteiger partial charge in [0.2, 0.25) is 0 Å². The van der Waals surface area contributed by atoms with Crippen LogP contribution in [-0.4, -0.2) is 12.4 Å². The van der Waals surface area contributed by atoms with Crippen LogP contribution in [0.1, 0.15) is 30.0 Å². The summed E-state index contributed by atoms with van der Waals surface area (Å²) < 4.78 is 5.72. The number of hydrogen-bond donors (Lipinski definition) is 1. The fraction of sp³-hybridized carbons (Fsp3) is 0.294. The minimum atomic E-state index is 0.101. The van der Waals surface area contributed by atoms with Crippen LogP contribution < -0.4 is 10.5 Å². The molecule has 1 aliphatic rings. The predicted octanol–water partition coefficient (Wildman–Crippen LogP) is 3.97. The van der Waals surface area contributed by atoms with Gasteiger partial charge in [0.15, 0.2) is 0 Å². The zero-order valence-electron chi connectivity index (χ0n) is 11.6. The SMILES string of the molecule is CC(N)c1ccc(SCC2COc3ccccc32)cc1. The van der Waals surface area contributed by atoms with Crippen LogP contribution in [0.5, 0.6) is 5.75 Å². The quantitative estimate of drug-likeness (QED) is 0.863. The standard InChI is InChI=1S/C17H19NOS/c1-12(18)13-6-8-15(9-7-13)20-11-14-10-19-17-5-3-2-4-16(14)17/h2-9,12,14H,10-11,18H2,1H3. The highest BCUT2D eigenvalue weighted by molar-refractivity contribution is 7.99. The summed E-state index contributed by atoms with van der Waals surface area (Å²) in [4.78, 5) is 1.29. The Bertz CT molecular complexity index is 580. The smallest absolute Gasteiger partial charge is 0.122 e. The summed E-state index contributed by atoms with van der Waals surface area (Å²) in [5, 5.41) is 0. The normalized spacial score (nSPS) is 18.4. The molecule has 2 atom stereocenters. The number of thioether (sulfide) groups is 1. The molecule has 1 heterocycles. The van der Waals surface area contributed by atoms with E-state index in [1.165, 1.54) is 16.0 Å². The van der Waals surface area contributed by atoms with Gasteiger partial charge in [0.1, 0.15) is 5.75 Å². The Morgan fingerprint density at radius 2 is 1.95 bits per heavy atom. The van der Waals surface area contributed by atoms with E-state index in [-0.39, 0.29) is 6.04 Å². The van der Waals surface area contributed by atoms with Crippen molar-refractivity contribution in [2.24, 2.45) is 5.73 Å². The summed E-state index contributed by atoms with van der Waals surface area (Å²) in [5.41, 5.74) is 8.39. The molecule has 2 N–H and O–H groups in total. The molecule has 0 radical (unpaired) electrons. The predicted molar refractivity (Wildman–Crippen MR) is 84.4 cm³/mol. The van der Waals surface area contributed by atoms with Gasteiger partial charge in [0, 0.05) is 28.2 Å². The van der Waals surface area contributed by atoms with Crippen molar-refractivity contribution >= 4 is 11.8 Å². The fourth-order valence-corrected chi connectivity index (χ4v) is 3.43. The van der Waals surface area contributed by atoms with Gasteiger partial charge < -0.3 is 10.5 Å². The fourth-order valence-electron chi connectivity index (χ4n) is 2.43. The second kappa shape index (κ2) is 5.90. The molecule has 1 aliphatic heterocycles. The molecule has 0 aliphatic carbocycles. The van der Waals surface area contributed by atoms with Gasteiger partial charge in [-0.15, -0.1) is 11.8 Å². The van der Waals surface area contributed by atoms with Gasteiger partial charge in [0.25, 0.3) is 0 Å². The number of benzene rings is 2. The average molecular weight is 285 g/mol. The van der Waals surface area contributed by atoms with Gasteiger partial charge in [-0.2, -0.15) is 0 Å². The molecule has 104 valence electrons. The first-order chi connectivity index (χ1) is 9.74. The van der Waals surface area contributed by atoms with Crippen LogP contribution in [0.4, 0.5) is 0 Å². The summed E-state index contributed by atoms with van der Waals surface area (Å²) >= 11 is 1.88. The van der Waals surface area contributed by atoms with Crippen molar-refractivity contribution in [1.82, 2.24) is 0 Å². The van der Waals surface area contributed by atoms with Gasteiger partial charge in [-0.05, 0) is 30.7 Å². The zero-order valence-corrected chi connectivity index (χ0v) is 12.4. The minimum Gasteiger partial charge on any atom is -0.493 e. The van der Waals surface area contributed by atoms with E-state index in [1.807, 2.05) is 24.8 Å². The zero-order chi connectivity index (χ0) is 13.9. The molecule has 0 spiro atoms. The number of rotatable bonds is 4. The van der Waals surface area contributed by atoms with Crippen molar-refractivity contribution in [3.05, 3.63) is 59.7 Å². The maximum atomic E-state index is 5.87. The molecular formula is C17H19NOS. The van der Waals surface area contributed by atoms with E-state index >= 15 is 0 Å². The Kier molecular flexibility index (Phi) is 3.99. The van der Waals surface area contributed by atoms with Crippen molar-refractivity contribution in [2.75, 3.05) is 12.4 Å². The topological polar surface area (TPSA) is 35.2 Å². The van der Waals surface area contributed by atoms with Crippen molar-refractivity contribution in [2.45, 2.75) is 23.8 Å². The minimum absolute atomic E-state index is 0.101. The van der Waals surface area contributed by atoms with Crippen LogP contribution in [0.15, 0.2) is 53.4 Å². The van der Waals surface area contributed by atoms with E-state index in [4.69, 9.17) is 10.5 Å². The van der Waals surface area contributed by atoms with Crippen molar-refractivity contribution in [1.29, 1.82) is 0 Å². The monoisotopic (exact) mass is 285 g/mol. The number of ether oxygens (including phenoxy) is 1. The molecule has 2 aromatic carbocycles. The van der Waals surface area contributed by atoms with Crippen molar-refractivity contribution in [3.63, 3.8) is 0 Å². The van der Waals surface area contributed by atoms with E-state index in [0.29, 0.717) is 5.92 Å². The number of nitrogens with two attached hydrogens (primary N) is 1. The van der Waals surface area contributed by atoms with Gasteiger partial charge in [-0.3, -0.25) is 0 Å². The summed E-state index contributed by atoms with van der Waals surface area (Å²) in [6.07, 6.45) is 0. The molecule has 0 amide bonds. The van der Waals surface area contributed by atoms with Crippen LogP contribution in [-0.2, 0) is 0 Å². The van der Waals surface area contributed by atoms with Gasteiger partial charge in [-0.25, -0.2) is 0 Å². The van der Waals surface area contributed by atoms with Gasteiger partial charge in [0.05, 0.1) is 6.61 Å². The molecule has 2 nitrogen and oxygen atoms in total. The van der Waals surface area contributed by atoms with Crippen molar-refractivity contribution in [3.8, 4) is 5.75 Å². The van der Waals surface area contributed by atoms with E-state index in [0.717, 1.165) is 18.1 Å². The first kappa shape index (κ1) is 13.5. The van der Waals surface area contributed by atoms with Gasteiger partial charge >= 0.3 is 0 Å². The molecule has 0 aromatic heterocycles. The lowest BCUT2D eigenvalue weighted by molar-refractivity contribution is 0.339. The van der Waals surface area contributed by atoms with E-state index < -0.39 is 0 Å². The second-order valence-corrected chi connectivity index (χ2v) is 6.31. The molecular weight excluding hydrogens is 266 g/mol. The molecule has 3 heteroatoms. The van der Waals surface area contributed by atoms with E-state index in [9.17, 15) is 0 Å². The van der Waals surface area contributed by atoms with Crippen LogP contribution in [0.2, 0.25) is 0 Å². The van der Waals surface area contributed by atoms with Crippen LogP contribution >= 0.6 is 11.8 Å². The average Bonchev–Trinajstić information content (AvgIpc) is 2.89. The first-order valence-corrected chi connectivity index (χ1v) is 7.92. The van der Waals surface area contributed by atoms with Crippen LogP contribution in [0.3, 0.4) is 0 Å². The Balaban J connectivity index is 1.63. The highest BCUT2D eigenvalue weighted by Gasteiger charge is 2.23. The number of fused-ring (bicyclic) bond motifs is 1. The van der Waals surface area contributed by atoms with Crippen LogP contribution in [0, 0.1) is 0 Å². The summed E-state index contributed by atoms with van der Waals surface area (Å²) in [5.74, 6) is 2.59. The Morgan fingerprint density at radius 1 is 1.20 bits per heavy atom.